The molecule has 0 saturated heterocycles. The molecule has 0 N–H and O–H groups in total. The molecule has 0 aromatic rings. The molecule has 0 amide bonds. The van der Waals surface area contributed by atoms with Gasteiger partial charge in [0.25, 0.3) is 0 Å². The van der Waals surface area contributed by atoms with Crippen LogP contribution in [0.2, 0.25) is 0 Å². The Labute approximate surface area is 46.5 Å². The molecule has 0 saturated carbocycles. The molecule has 0 spiro atoms. The van der Waals surface area contributed by atoms with Gasteiger partial charge in [-0.25, -0.2) is 0 Å². The molecule has 1 radical (unpaired) electrons. The zero-order valence-corrected chi connectivity index (χ0v) is 2.60. The van der Waals surface area contributed by atoms with Gasteiger partial charge >= 0.3 is 0 Å². The zero-order chi connectivity index (χ0) is 0. The van der Waals surface area contributed by atoms with E-state index in [2.05, 4.69) is 0 Å². The molecular formula is H7B2ClCo. The van der Waals surface area contributed by atoms with Gasteiger partial charge in [0.2, 0.25) is 0 Å². The van der Waals surface area contributed by atoms with Crippen molar-refractivity contribution in [1.29, 1.82) is 0 Å². The molecule has 0 atom stereocenters. The summed E-state index contributed by atoms with van der Waals surface area (Å²) in [5.74, 6) is 0. The van der Waals surface area contributed by atoms with Gasteiger partial charge in [0.15, 0.2) is 0 Å². The Bertz CT molecular complexity index is 6.00. The van der Waals surface area contributed by atoms with Crippen LogP contribution < -0.4 is 0 Å². The third-order valence-electron chi connectivity index (χ3n) is 0. The van der Waals surface area contributed by atoms with Gasteiger partial charge in [-0.05, 0) is 0 Å². The van der Waals surface area contributed by atoms with Crippen LogP contribution in [0.15, 0.2) is 0 Å². The summed E-state index contributed by atoms with van der Waals surface area (Å²) >= 11 is 0. The summed E-state index contributed by atoms with van der Waals surface area (Å²) in [6, 6.07) is 0. The van der Waals surface area contributed by atoms with Crippen molar-refractivity contribution < 1.29 is 16.8 Å². The van der Waals surface area contributed by atoms with Crippen molar-refractivity contribution in [2.75, 3.05) is 0 Å². The maximum Gasteiger partial charge on any atom is 0.0814 e. The predicted octanol–water partition coefficient (Wildman–Crippen LogP) is -1.95. The zero-order valence-electron chi connectivity index (χ0n) is 0.742. The summed E-state index contributed by atoms with van der Waals surface area (Å²) in [7, 11) is 0. The van der Waals surface area contributed by atoms with E-state index >= 15 is 0 Å². The van der Waals surface area contributed by atoms with Crippen molar-refractivity contribution in [3.63, 3.8) is 0 Å². The molecule has 0 heterocycles. The van der Waals surface area contributed by atoms with Crippen molar-refractivity contribution in [3.05, 3.63) is 0 Å². The molecule has 29 valence electrons. The molecule has 0 aliphatic rings. The maximum atomic E-state index is 0. The minimum atomic E-state index is 0. The SMILES string of the molecule is B.B.Cl.[Co]. The Morgan fingerprint density at radius 3 is 0.750 bits per heavy atom. The van der Waals surface area contributed by atoms with E-state index in [1.807, 2.05) is 0 Å². The fraction of sp³-hybridized carbons (Fsp3) is 0. The van der Waals surface area contributed by atoms with E-state index < -0.39 is 0 Å². The van der Waals surface area contributed by atoms with E-state index in [0.29, 0.717) is 0 Å². The molecule has 0 aliphatic heterocycles. The van der Waals surface area contributed by atoms with Gasteiger partial charge in [-0.1, -0.05) is 0 Å². The Kier molecular flexibility index (Phi) is 867. The Morgan fingerprint density at radius 1 is 0.750 bits per heavy atom. The average Bonchev–Trinajstić information content (AvgIpc) is 0. The van der Waals surface area contributed by atoms with Crippen LogP contribution in [0.25, 0.3) is 0 Å². The Hall–Kier alpha value is 0.926. The van der Waals surface area contributed by atoms with Crippen LogP contribution in [0, 0.1) is 0 Å². The molecule has 4 heteroatoms. The number of hydrogen-bond donors (Lipinski definition) is 0. The van der Waals surface area contributed by atoms with Crippen LogP contribution in [-0.4, -0.2) is 16.8 Å². The monoisotopic (exact) mass is 123 g/mol. The summed E-state index contributed by atoms with van der Waals surface area (Å²) in [4.78, 5) is 0. The molecule has 0 unspecified atom stereocenters. The molecule has 0 fully saturated rings. The number of halogens is 1. The van der Waals surface area contributed by atoms with Crippen LogP contribution >= 0.6 is 12.4 Å². The molecule has 4 heavy (non-hydrogen) atoms. The molecule has 0 rings (SSSR count). The minimum Gasteiger partial charge on any atom is -0.147 e. The first-order valence-electron chi connectivity index (χ1n) is 0. The van der Waals surface area contributed by atoms with Crippen LogP contribution in [0.1, 0.15) is 0 Å². The standard InChI is InChI=1S/2BH3.ClH.Co/h2*1H3;1H;. The second kappa shape index (κ2) is 39.2. The average molecular weight is 123 g/mol. The van der Waals surface area contributed by atoms with Crippen molar-refractivity contribution in [1.82, 2.24) is 0 Å². The second-order valence-corrected chi connectivity index (χ2v) is 0. The third kappa shape index (κ3) is 12.7. The van der Waals surface area contributed by atoms with Gasteiger partial charge in [0, 0.05) is 16.8 Å². The van der Waals surface area contributed by atoms with E-state index in [4.69, 9.17) is 0 Å². The van der Waals surface area contributed by atoms with E-state index in [1.165, 1.54) is 0 Å². The van der Waals surface area contributed by atoms with Crippen LogP contribution in [0.3, 0.4) is 0 Å². The largest absolute Gasteiger partial charge is 0.147 e. The molecule has 0 aromatic carbocycles. The number of hydrogen-bond acceptors (Lipinski definition) is 0. The molecular weight excluding hydrogens is 116 g/mol. The normalized spacial score (nSPS) is 0. The van der Waals surface area contributed by atoms with E-state index in [1.54, 1.807) is 0 Å². The van der Waals surface area contributed by atoms with Gasteiger partial charge in [-0.2, -0.15) is 0 Å². The summed E-state index contributed by atoms with van der Waals surface area (Å²) < 4.78 is 0. The third-order valence-corrected chi connectivity index (χ3v) is 0. The molecule has 0 aromatic heterocycles. The summed E-state index contributed by atoms with van der Waals surface area (Å²) in [5, 5.41) is 0. The molecule has 0 aliphatic carbocycles. The van der Waals surface area contributed by atoms with Crippen LogP contribution in [0.4, 0.5) is 0 Å². The van der Waals surface area contributed by atoms with E-state index in [0.717, 1.165) is 0 Å². The van der Waals surface area contributed by atoms with Crippen molar-refractivity contribution in [3.8, 4) is 0 Å². The van der Waals surface area contributed by atoms with Gasteiger partial charge in [-0.3, -0.25) is 0 Å². The van der Waals surface area contributed by atoms with Gasteiger partial charge in [-0.15, -0.1) is 12.4 Å². The van der Waals surface area contributed by atoms with Gasteiger partial charge < -0.3 is 0 Å². The van der Waals surface area contributed by atoms with E-state index in [9.17, 15) is 0 Å². The summed E-state index contributed by atoms with van der Waals surface area (Å²) in [6.07, 6.45) is 0. The van der Waals surface area contributed by atoms with Crippen molar-refractivity contribution >= 4 is 29.2 Å². The minimum absolute atomic E-state index is 0. The first-order chi connectivity index (χ1) is 0. The topological polar surface area (TPSA) is 0 Å². The van der Waals surface area contributed by atoms with Crippen molar-refractivity contribution in [2.45, 2.75) is 0 Å². The molecule has 0 bridgehead atoms. The second-order valence-electron chi connectivity index (χ2n) is 0. The Morgan fingerprint density at radius 2 is 0.750 bits per heavy atom. The Balaban J connectivity index is 0. The summed E-state index contributed by atoms with van der Waals surface area (Å²) in [5.41, 5.74) is 0. The first-order valence-corrected chi connectivity index (χ1v) is 0. The predicted molar refractivity (Wildman–Crippen MR) is 27.1 cm³/mol. The summed E-state index contributed by atoms with van der Waals surface area (Å²) in [6.45, 7) is 0. The van der Waals surface area contributed by atoms with Crippen LogP contribution in [0.5, 0.6) is 0 Å². The smallest absolute Gasteiger partial charge is 0.0814 e. The fourth-order valence-corrected chi connectivity index (χ4v) is 0. The first kappa shape index (κ1) is 88.5. The van der Waals surface area contributed by atoms with Gasteiger partial charge in [0.05, 0.1) is 16.8 Å². The quantitative estimate of drug-likeness (QED) is 0.328. The number of rotatable bonds is 0. The fourth-order valence-electron chi connectivity index (χ4n) is 0. The molecule has 0 nitrogen and oxygen atoms in total. The maximum absolute atomic E-state index is 0. The van der Waals surface area contributed by atoms with Gasteiger partial charge in [0.1, 0.15) is 0 Å². The van der Waals surface area contributed by atoms with E-state index in [-0.39, 0.29) is 46.0 Å². The van der Waals surface area contributed by atoms with Crippen molar-refractivity contribution in [2.24, 2.45) is 0 Å². The van der Waals surface area contributed by atoms with Crippen LogP contribution in [-0.2, 0) is 16.8 Å².